The predicted molar refractivity (Wildman–Crippen MR) is 117 cm³/mol. The smallest absolute Gasteiger partial charge is 0.209 e. The van der Waals surface area contributed by atoms with E-state index in [1.807, 2.05) is 30.3 Å². The first kappa shape index (κ1) is 21.9. The van der Waals surface area contributed by atoms with Gasteiger partial charge in [0.2, 0.25) is 5.89 Å². The highest BCUT2D eigenvalue weighted by atomic mass is 79.9. The maximum atomic E-state index is 6.37. The largest absolute Gasteiger partial charge is 0.439 e. The summed E-state index contributed by atoms with van der Waals surface area (Å²) in [6, 6.07) is 18.6. The first-order valence-electron chi connectivity index (χ1n) is 8.43. The average Bonchev–Trinajstić information content (AvgIpc) is 3.23. The molecule has 4 nitrogen and oxygen atoms in total. The van der Waals surface area contributed by atoms with Gasteiger partial charge in [-0.2, -0.15) is 0 Å². The molecule has 0 amide bonds. The molecule has 2 aromatic carbocycles. The Kier molecular flexibility index (Phi) is 7.89. The van der Waals surface area contributed by atoms with Crippen LogP contribution >= 0.6 is 40.7 Å². The van der Waals surface area contributed by atoms with Gasteiger partial charge in [0.05, 0.1) is 12.7 Å². The molecule has 144 valence electrons. The minimum atomic E-state index is 0. The summed E-state index contributed by atoms with van der Waals surface area (Å²) in [5.41, 5.74) is 8.69. The summed E-state index contributed by atoms with van der Waals surface area (Å²) in [7, 11) is 0. The van der Waals surface area contributed by atoms with Gasteiger partial charge in [0.25, 0.3) is 0 Å². The molecule has 0 bridgehead atoms. The third-order valence-electron chi connectivity index (χ3n) is 4.72. The normalized spacial score (nSPS) is 19.3. The number of nitrogens with zero attached hydrogens (tertiary/aromatic N) is 2. The van der Waals surface area contributed by atoms with Gasteiger partial charge in [-0.1, -0.05) is 64.5 Å². The van der Waals surface area contributed by atoms with Crippen molar-refractivity contribution < 1.29 is 4.42 Å². The van der Waals surface area contributed by atoms with Crippen LogP contribution in [-0.4, -0.2) is 29.0 Å². The van der Waals surface area contributed by atoms with E-state index in [1.54, 1.807) is 6.20 Å². The van der Waals surface area contributed by atoms with Gasteiger partial charge in [0.15, 0.2) is 5.76 Å². The van der Waals surface area contributed by atoms with Crippen molar-refractivity contribution in [2.45, 2.75) is 18.5 Å². The molecule has 0 saturated carbocycles. The lowest BCUT2D eigenvalue weighted by Crippen LogP contribution is -2.28. The van der Waals surface area contributed by atoms with Crippen LogP contribution in [0.15, 0.2) is 69.7 Å². The van der Waals surface area contributed by atoms with Crippen LogP contribution in [-0.2, 0) is 6.54 Å². The lowest BCUT2D eigenvalue weighted by molar-refractivity contribution is 0.286. The number of rotatable bonds is 4. The highest BCUT2D eigenvalue weighted by Gasteiger charge is 2.31. The fourth-order valence-electron chi connectivity index (χ4n) is 3.46. The molecule has 4 rings (SSSR count). The zero-order valence-electron chi connectivity index (χ0n) is 14.6. The number of oxazole rings is 1. The van der Waals surface area contributed by atoms with E-state index in [4.69, 9.17) is 10.2 Å². The molecule has 0 spiro atoms. The van der Waals surface area contributed by atoms with Crippen molar-refractivity contribution in [1.29, 1.82) is 0 Å². The molecule has 7 heteroatoms. The summed E-state index contributed by atoms with van der Waals surface area (Å²) in [5, 5.41) is 0. The molecule has 27 heavy (non-hydrogen) atoms. The van der Waals surface area contributed by atoms with E-state index in [2.05, 4.69) is 50.1 Å². The summed E-state index contributed by atoms with van der Waals surface area (Å²) in [6.07, 6.45) is 1.79. The number of benzene rings is 2. The number of nitrogens with two attached hydrogens (primary N) is 1. The van der Waals surface area contributed by atoms with Crippen molar-refractivity contribution in [3.05, 3.63) is 76.7 Å². The summed E-state index contributed by atoms with van der Waals surface area (Å²) in [4.78, 5) is 6.77. The number of hydrogen-bond donors (Lipinski definition) is 1. The lowest BCUT2D eigenvalue weighted by Gasteiger charge is -2.14. The van der Waals surface area contributed by atoms with E-state index in [1.165, 1.54) is 5.56 Å². The Morgan fingerprint density at radius 3 is 2.48 bits per heavy atom. The minimum Gasteiger partial charge on any atom is -0.439 e. The average molecular weight is 471 g/mol. The molecular formula is C20H22BrCl2N3O. The van der Waals surface area contributed by atoms with Gasteiger partial charge in [-0.25, -0.2) is 4.98 Å². The summed E-state index contributed by atoms with van der Waals surface area (Å²) in [5.74, 6) is 1.87. The molecule has 1 aromatic heterocycles. The third-order valence-corrected chi connectivity index (χ3v) is 5.41. The van der Waals surface area contributed by atoms with Crippen molar-refractivity contribution in [2.24, 2.45) is 5.73 Å². The Morgan fingerprint density at radius 1 is 1.04 bits per heavy atom. The molecule has 0 radical (unpaired) electrons. The molecule has 2 N–H and O–H groups in total. The van der Waals surface area contributed by atoms with Gasteiger partial charge >= 0.3 is 0 Å². The summed E-state index contributed by atoms with van der Waals surface area (Å²) >= 11 is 3.56. The third kappa shape index (κ3) is 4.92. The van der Waals surface area contributed by atoms with Gasteiger partial charge in [-0.15, -0.1) is 24.8 Å². The molecule has 0 aliphatic carbocycles. The Labute approximate surface area is 180 Å². The standard InChI is InChI=1S/C20H20BrN3O.2ClH/c21-17-9-5-4-8-15(17)19-10-23-20(25-19)13-24-11-16(18(22)12-24)14-6-2-1-3-7-14;;/h1-10,16,18H,11-13,22H2;2*1H/t16-,18+;;/m0../s1. The van der Waals surface area contributed by atoms with Gasteiger partial charge < -0.3 is 10.2 Å². The van der Waals surface area contributed by atoms with Crippen LogP contribution in [0, 0.1) is 0 Å². The van der Waals surface area contributed by atoms with Crippen molar-refractivity contribution >= 4 is 40.7 Å². The lowest BCUT2D eigenvalue weighted by atomic mass is 9.95. The first-order valence-corrected chi connectivity index (χ1v) is 9.22. The topological polar surface area (TPSA) is 55.3 Å². The molecule has 2 atom stereocenters. The Balaban J connectivity index is 0.00000131. The number of hydrogen-bond acceptors (Lipinski definition) is 4. The molecule has 1 saturated heterocycles. The second kappa shape index (κ2) is 9.71. The van der Waals surface area contributed by atoms with Crippen LogP contribution in [0.2, 0.25) is 0 Å². The second-order valence-electron chi connectivity index (χ2n) is 6.47. The zero-order valence-corrected chi connectivity index (χ0v) is 17.8. The van der Waals surface area contributed by atoms with E-state index in [9.17, 15) is 0 Å². The summed E-state index contributed by atoms with van der Waals surface area (Å²) in [6.45, 7) is 2.46. The van der Waals surface area contributed by atoms with Gasteiger partial charge in [-0.05, 0) is 11.6 Å². The van der Waals surface area contributed by atoms with Crippen LogP contribution in [0.4, 0.5) is 0 Å². The Bertz CT molecular complexity index is 859. The van der Waals surface area contributed by atoms with E-state index in [-0.39, 0.29) is 30.9 Å². The van der Waals surface area contributed by atoms with Crippen LogP contribution in [0.5, 0.6) is 0 Å². The number of halogens is 3. The van der Waals surface area contributed by atoms with Gasteiger partial charge in [0.1, 0.15) is 0 Å². The van der Waals surface area contributed by atoms with Crippen molar-refractivity contribution in [1.82, 2.24) is 9.88 Å². The van der Waals surface area contributed by atoms with Crippen molar-refractivity contribution in [3.63, 3.8) is 0 Å². The number of aromatic nitrogens is 1. The molecule has 3 aromatic rings. The monoisotopic (exact) mass is 469 g/mol. The molecule has 0 unspecified atom stereocenters. The predicted octanol–water partition coefficient (Wildman–Crippen LogP) is 4.87. The van der Waals surface area contributed by atoms with E-state index >= 15 is 0 Å². The second-order valence-corrected chi connectivity index (χ2v) is 7.33. The van der Waals surface area contributed by atoms with Gasteiger partial charge in [0, 0.05) is 35.1 Å². The highest BCUT2D eigenvalue weighted by Crippen LogP contribution is 2.30. The fourth-order valence-corrected chi connectivity index (χ4v) is 3.94. The van der Waals surface area contributed by atoms with Crippen LogP contribution in [0.1, 0.15) is 17.4 Å². The summed E-state index contributed by atoms with van der Waals surface area (Å²) < 4.78 is 6.97. The van der Waals surface area contributed by atoms with E-state index < -0.39 is 0 Å². The molecular weight excluding hydrogens is 449 g/mol. The number of likely N-dealkylation sites (tertiary alicyclic amines) is 1. The van der Waals surface area contributed by atoms with Crippen LogP contribution < -0.4 is 5.73 Å². The highest BCUT2D eigenvalue weighted by molar-refractivity contribution is 9.10. The molecule has 1 aliphatic heterocycles. The molecule has 1 fully saturated rings. The minimum absolute atomic E-state index is 0. The maximum absolute atomic E-state index is 6.37. The Hall–Kier alpha value is -1.37. The molecule has 2 heterocycles. The van der Waals surface area contributed by atoms with E-state index in [0.29, 0.717) is 12.5 Å². The maximum Gasteiger partial charge on any atom is 0.209 e. The van der Waals surface area contributed by atoms with E-state index in [0.717, 1.165) is 34.8 Å². The van der Waals surface area contributed by atoms with Crippen molar-refractivity contribution in [3.8, 4) is 11.3 Å². The first-order chi connectivity index (χ1) is 12.2. The zero-order chi connectivity index (χ0) is 17.2. The fraction of sp³-hybridized carbons (Fsp3) is 0.250. The van der Waals surface area contributed by atoms with Crippen molar-refractivity contribution in [2.75, 3.05) is 13.1 Å². The SMILES string of the molecule is Cl.Cl.N[C@@H]1CN(Cc2ncc(-c3ccccc3Br)o2)C[C@H]1c1ccccc1. The Morgan fingerprint density at radius 2 is 1.74 bits per heavy atom. The van der Waals surface area contributed by atoms with Crippen LogP contribution in [0.3, 0.4) is 0 Å². The quantitative estimate of drug-likeness (QED) is 0.590. The van der Waals surface area contributed by atoms with Crippen LogP contribution in [0.25, 0.3) is 11.3 Å². The molecule has 1 aliphatic rings. The van der Waals surface area contributed by atoms with Gasteiger partial charge in [-0.3, -0.25) is 4.90 Å².